The zero-order valence-electron chi connectivity index (χ0n) is 9.14. The first-order chi connectivity index (χ1) is 7.72. The number of aromatic nitrogens is 3. The highest BCUT2D eigenvalue weighted by Gasteiger charge is 2.28. The van der Waals surface area contributed by atoms with Gasteiger partial charge in [-0.05, 0) is 19.9 Å². The Bertz CT molecular complexity index is 398. The Hall–Kier alpha value is -0.790. The summed E-state index contributed by atoms with van der Waals surface area (Å²) in [6.07, 6.45) is 1.67. The molecule has 0 saturated heterocycles. The molecule has 0 amide bonds. The smallest absolute Gasteiger partial charge is 0.344 e. The van der Waals surface area contributed by atoms with Crippen LogP contribution in [0.2, 0.25) is 0 Å². The van der Waals surface area contributed by atoms with Gasteiger partial charge in [-0.15, -0.1) is 5.10 Å². The molecule has 1 unspecified atom stereocenters. The van der Waals surface area contributed by atoms with Gasteiger partial charge >= 0.3 is 5.69 Å². The van der Waals surface area contributed by atoms with Crippen molar-refractivity contribution in [2.24, 2.45) is 0 Å². The summed E-state index contributed by atoms with van der Waals surface area (Å²) in [4.78, 5) is 11.4. The molecule has 90 valence electrons. The largest absolute Gasteiger partial charge is 0.391 e. The van der Waals surface area contributed by atoms with Crippen molar-refractivity contribution < 1.29 is 5.11 Å². The number of hydrogen-bond acceptors (Lipinski definition) is 5. The lowest BCUT2D eigenvalue weighted by molar-refractivity contribution is 0.199. The predicted molar refractivity (Wildman–Crippen MR) is 61.8 cm³/mol. The van der Waals surface area contributed by atoms with Crippen LogP contribution in [0.3, 0.4) is 0 Å². The van der Waals surface area contributed by atoms with Crippen LogP contribution in [0.5, 0.6) is 0 Å². The van der Waals surface area contributed by atoms with E-state index in [1.165, 1.54) is 11.8 Å². The van der Waals surface area contributed by atoms with Gasteiger partial charge in [0.1, 0.15) is 0 Å². The van der Waals surface area contributed by atoms with Crippen LogP contribution < -0.4 is 11.0 Å². The maximum absolute atomic E-state index is 11.4. The third-order valence-electron chi connectivity index (χ3n) is 2.43. The van der Waals surface area contributed by atoms with Crippen LogP contribution in [0.4, 0.5) is 0 Å². The fraction of sp³-hybridized carbons (Fsp3) is 0.778. The summed E-state index contributed by atoms with van der Waals surface area (Å²) >= 11 is 1.41. The maximum Gasteiger partial charge on any atom is 0.344 e. The minimum atomic E-state index is -0.422. The Labute approximate surface area is 97.4 Å². The van der Waals surface area contributed by atoms with Crippen LogP contribution in [-0.4, -0.2) is 45.3 Å². The Morgan fingerprint density at radius 2 is 2.50 bits per heavy atom. The number of aliphatic hydroxyl groups is 1. The first kappa shape index (κ1) is 11.7. The van der Waals surface area contributed by atoms with Crippen molar-refractivity contribution in [2.45, 2.75) is 30.1 Å². The number of H-pyrrole nitrogens is 1. The van der Waals surface area contributed by atoms with E-state index in [0.29, 0.717) is 23.5 Å². The molecule has 7 heteroatoms. The molecule has 1 aromatic rings. The second-order valence-corrected chi connectivity index (χ2v) is 4.92. The van der Waals surface area contributed by atoms with E-state index >= 15 is 0 Å². The lowest BCUT2D eigenvalue weighted by Crippen LogP contribution is -2.25. The van der Waals surface area contributed by atoms with Gasteiger partial charge in [0.15, 0.2) is 5.16 Å². The molecule has 3 N–H and O–H groups in total. The molecule has 2 rings (SSSR count). The van der Waals surface area contributed by atoms with Crippen molar-refractivity contribution in [3.05, 3.63) is 10.5 Å². The highest BCUT2D eigenvalue weighted by Crippen LogP contribution is 2.35. The lowest BCUT2D eigenvalue weighted by atomic mass is 10.4. The van der Waals surface area contributed by atoms with Crippen molar-refractivity contribution in [3.63, 3.8) is 0 Å². The monoisotopic (exact) mass is 244 g/mol. The average molecular weight is 244 g/mol. The summed E-state index contributed by atoms with van der Waals surface area (Å²) in [5, 5.41) is 19.6. The lowest BCUT2D eigenvalue weighted by Gasteiger charge is -2.08. The standard InChI is InChI=1S/C9H16N4O2S/c1-10-4-7(14)5-16-9-12-11-8(15)13(9)6-2-3-6/h6-7,10,14H,2-5H2,1H3,(H,11,15). The Morgan fingerprint density at radius 1 is 1.75 bits per heavy atom. The van der Waals surface area contributed by atoms with Gasteiger partial charge in [-0.25, -0.2) is 9.89 Å². The highest BCUT2D eigenvalue weighted by atomic mass is 32.2. The summed E-state index contributed by atoms with van der Waals surface area (Å²) in [6, 6.07) is 0.315. The molecule has 1 fully saturated rings. The molecule has 1 heterocycles. The first-order valence-electron chi connectivity index (χ1n) is 5.34. The molecule has 1 aliphatic rings. The molecular weight excluding hydrogens is 228 g/mol. The molecule has 0 spiro atoms. The third kappa shape index (κ3) is 2.66. The minimum Gasteiger partial charge on any atom is -0.391 e. The second-order valence-electron chi connectivity index (χ2n) is 3.94. The van der Waals surface area contributed by atoms with Crippen LogP contribution in [-0.2, 0) is 0 Å². The van der Waals surface area contributed by atoms with Gasteiger partial charge in [-0.3, -0.25) is 4.57 Å². The molecular formula is C9H16N4O2S. The number of rotatable bonds is 6. The highest BCUT2D eigenvalue weighted by molar-refractivity contribution is 7.99. The van der Waals surface area contributed by atoms with E-state index in [1.54, 1.807) is 11.6 Å². The summed E-state index contributed by atoms with van der Waals surface area (Å²) in [5.41, 5.74) is -0.145. The van der Waals surface area contributed by atoms with Gasteiger partial charge in [-0.1, -0.05) is 11.8 Å². The fourth-order valence-electron chi connectivity index (χ4n) is 1.51. The van der Waals surface area contributed by atoms with Crippen molar-refractivity contribution >= 4 is 11.8 Å². The second kappa shape index (κ2) is 5.03. The van der Waals surface area contributed by atoms with E-state index in [9.17, 15) is 9.90 Å². The predicted octanol–water partition coefficient (Wildman–Crippen LogP) is -0.421. The summed E-state index contributed by atoms with van der Waals surface area (Å²) < 4.78 is 1.69. The van der Waals surface area contributed by atoms with Gasteiger partial charge in [0, 0.05) is 18.3 Å². The van der Waals surface area contributed by atoms with E-state index < -0.39 is 6.10 Å². The zero-order chi connectivity index (χ0) is 11.5. The van der Waals surface area contributed by atoms with Crippen LogP contribution >= 0.6 is 11.8 Å². The summed E-state index contributed by atoms with van der Waals surface area (Å²) in [5.74, 6) is 0.540. The van der Waals surface area contributed by atoms with Crippen molar-refractivity contribution in [1.82, 2.24) is 20.1 Å². The summed E-state index contributed by atoms with van der Waals surface area (Å²) in [6.45, 7) is 0.547. The van der Waals surface area contributed by atoms with Crippen LogP contribution in [0.25, 0.3) is 0 Å². The molecule has 0 aliphatic heterocycles. The first-order valence-corrected chi connectivity index (χ1v) is 6.33. The van der Waals surface area contributed by atoms with Crippen molar-refractivity contribution in [1.29, 1.82) is 0 Å². The Morgan fingerprint density at radius 3 is 3.12 bits per heavy atom. The summed E-state index contributed by atoms with van der Waals surface area (Å²) in [7, 11) is 1.79. The maximum atomic E-state index is 11.4. The quantitative estimate of drug-likeness (QED) is 0.592. The molecule has 1 saturated carbocycles. The average Bonchev–Trinajstić information content (AvgIpc) is 3.01. The topological polar surface area (TPSA) is 82.9 Å². The van der Waals surface area contributed by atoms with E-state index in [-0.39, 0.29) is 5.69 Å². The third-order valence-corrected chi connectivity index (χ3v) is 3.53. The number of nitrogens with zero attached hydrogens (tertiary/aromatic N) is 2. The number of thioether (sulfide) groups is 1. The molecule has 1 atom stereocenters. The Kier molecular flexibility index (Phi) is 3.67. The zero-order valence-corrected chi connectivity index (χ0v) is 9.96. The van der Waals surface area contributed by atoms with E-state index in [0.717, 1.165) is 12.8 Å². The van der Waals surface area contributed by atoms with E-state index in [4.69, 9.17) is 0 Å². The van der Waals surface area contributed by atoms with Crippen LogP contribution in [0.15, 0.2) is 9.95 Å². The van der Waals surface area contributed by atoms with Crippen molar-refractivity contribution in [3.8, 4) is 0 Å². The van der Waals surface area contributed by atoms with E-state index in [2.05, 4.69) is 15.5 Å². The minimum absolute atomic E-state index is 0.145. The van der Waals surface area contributed by atoms with Gasteiger partial charge in [0.25, 0.3) is 0 Å². The molecule has 0 aromatic carbocycles. The van der Waals surface area contributed by atoms with Gasteiger partial charge < -0.3 is 10.4 Å². The molecule has 0 bridgehead atoms. The molecule has 1 aliphatic carbocycles. The number of nitrogens with one attached hydrogen (secondary N) is 2. The van der Waals surface area contributed by atoms with Crippen LogP contribution in [0.1, 0.15) is 18.9 Å². The fourth-order valence-corrected chi connectivity index (χ4v) is 2.45. The molecule has 6 nitrogen and oxygen atoms in total. The Balaban J connectivity index is 1.96. The van der Waals surface area contributed by atoms with Crippen LogP contribution in [0, 0.1) is 0 Å². The molecule has 0 radical (unpaired) electrons. The SMILES string of the molecule is CNCC(O)CSc1n[nH]c(=O)n1C1CC1. The number of aromatic amines is 1. The van der Waals surface area contributed by atoms with Crippen molar-refractivity contribution in [2.75, 3.05) is 19.3 Å². The van der Waals surface area contributed by atoms with Gasteiger partial charge in [0.05, 0.1) is 6.10 Å². The van der Waals surface area contributed by atoms with Gasteiger partial charge in [0.2, 0.25) is 0 Å². The normalized spacial score (nSPS) is 17.6. The molecule has 1 aromatic heterocycles. The van der Waals surface area contributed by atoms with E-state index in [1.807, 2.05) is 0 Å². The number of hydrogen-bond donors (Lipinski definition) is 3. The number of likely N-dealkylation sites (N-methyl/N-ethyl adjacent to an activating group) is 1. The number of aliphatic hydroxyl groups excluding tert-OH is 1. The molecule has 16 heavy (non-hydrogen) atoms. The van der Waals surface area contributed by atoms with Gasteiger partial charge in [-0.2, -0.15) is 0 Å².